The highest BCUT2D eigenvalue weighted by Gasteiger charge is 2.24. The summed E-state index contributed by atoms with van der Waals surface area (Å²) in [5.41, 5.74) is 4.85. The lowest BCUT2D eigenvalue weighted by Gasteiger charge is -2.23. The summed E-state index contributed by atoms with van der Waals surface area (Å²) in [6, 6.07) is 13.3. The lowest BCUT2D eigenvalue weighted by atomic mass is 10.1. The first-order valence-corrected chi connectivity index (χ1v) is 13.0. The smallest absolute Gasteiger partial charge is 0.294 e. The SMILES string of the molecule is CCOc1cc(N(C)CCN(C)C)c([N+](=O)[O-])cc1Nc1nccc(-c2c3n(c4ccccc24)CCOC3)n1. The van der Waals surface area contributed by atoms with E-state index in [4.69, 9.17) is 14.5 Å². The molecule has 0 saturated carbocycles. The maximum Gasteiger partial charge on any atom is 0.294 e. The fourth-order valence-corrected chi connectivity index (χ4v) is 4.90. The Balaban J connectivity index is 1.54. The monoisotopic (exact) mass is 531 g/mol. The van der Waals surface area contributed by atoms with E-state index in [2.05, 4.69) is 27.0 Å². The summed E-state index contributed by atoms with van der Waals surface area (Å²) >= 11 is 0. The van der Waals surface area contributed by atoms with Crippen LogP contribution in [-0.2, 0) is 17.9 Å². The van der Waals surface area contributed by atoms with Crippen molar-refractivity contribution in [2.75, 3.05) is 57.7 Å². The van der Waals surface area contributed by atoms with Gasteiger partial charge in [-0.2, -0.15) is 0 Å². The molecule has 11 nitrogen and oxygen atoms in total. The highest BCUT2D eigenvalue weighted by molar-refractivity contribution is 5.97. The second-order valence-electron chi connectivity index (χ2n) is 9.69. The molecule has 11 heteroatoms. The number of likely N-dealkylation sites (N-methyl/N-ethyl adjacent to an activating group) is 2. The van der Waals surface area contributed by atoms with Gasteiger partial charge in [0.15, 0.2) is 0 Å². The minimum Gasteiger partial charge on any atom is -0.492 e. The molecule has 0 radical (unpaired) electrons. The summed E-state index contributed by atoms with van der Waals surface area (Å²) in [5, 5.41) is 16.3. The fourth-order valence-electron chi connectivity index (χ4n) is 4.90. The molecule has 2 aromatic carbocycles. The average molecular weight is 532 g/mol. The van der Waals surface area contributed by atoms with Gasteiger partial charge < -0.3 is 29.2 Å². The maximum atomic E-state index is 12.1. The van der Waals surface area contributed by atoms with E-state index >= 15 is 0 Å². The number of benzene rings is 2. The number of nitrogens with one attached hydrogen (secondary N) is 1. The molecule has 39 heavy (non-hydrogen) atoms. The van der Waals surface area contributed by atoms with E-state index in [-0.39, 0.29) is 10.6 Å². The molecule has 0 unspecified atom stereocenters. The van der Waals surface area contributed by atoms with Crippen LogP contribution in [0.3, 0.4) is 0 Å². The minimum atomic E-state index is -0.376. The first-order valence-electron chi connectivity index (χ1n) is 13.0. The van der Waals surface area contributed by atoms with E-state index in [1.165, 1.54) is 6.07 Å². The van der Waals surface area contributed by atoms with Crippen LogP contribution in [0.25, 0.3) is 22.2 Å². The number of nitrogens with zero attached hydrogens (tertiary/aromatic N) is 6. The van der Waals surface area contributed by atoms with Crippen LogP contribution in [0, 0.1) is 10.1 Å². The van der Waals surface area contributed by atoms with Gasteiger partial charge >= 0.3 is 0 Å². The normalized spacial score (nSPS) is 12.9. The molecule has 5 rings (SSSR count). The Kier molecular flexibility index (Phi) is 7.62. The predicted octanol–water partition coefficient (Wildman–Crippen LogP) is 4.68. The number of hydrogen-bond acceptors (Lipinski definition) is 9. The zero-order valence-electron chi connectivity index (χ0n) is 22.7. The van der Waals surface area contributed by atoms with Crippen molar-refractivity contribution in [2.45, 2.75) is 20.1 Å². The summed E-state index contributed by atoms with van der Waals surface area (Å²) in [7, 11) is 5.78. The molecule has 0 atom stereocenters. The van der Waals surface area contributed by atoms with Crippen molar-refractivity contribution in [3.05, 3.63) is 64.5 Å². The molecule has 0 amide bonds. The summed E-state index contributed by atoms with van der Waals surface area (Å²) in [4.78, 5) is 24.8. The van der Waals surface area contributed by atoms with Crippen LogP contribution in [0.15, 0.2) is 48.7 Å². The number of ether oxygens (including phenoxy) is 2. The number of fused-ring (bicyclic) bond motifs is 3. The number of nitro benzene ring substituents is 1. The topological polar surface area (TPSA) is 111 Å². The minimum absolute atomic E-state index is 0.0250. The zero-order valence-corrected chi connectivity index (χ0v) is 22.7. The molecular formula is C28H33N7O4. The van der Waals surface area contributed by atoms with Gasteiger partial charge in [-0.25, -0.2) is 9.97 Å². The molecule has 204 valence electrons. The number of hydrogen-bond donors (Lipinski definition) is 1. The number of para-hydroxylation sites is 1. The maximum absolute atomic E-state index is 12.1. The van der Waals surface area contributed by atoms with E-state index in [9.17, 15) is 10.1 Å². The largest absolute Gasteiger partial charge is 0.492 e. The van der Waals surface area contributed by atoms with Gasteiger partial charge in [0.25, 0.3) is 5.69 Å². The molecule has 0 aliphatic carbocycles. The summed E-state index contributed by atoms with van der Waals surface area (Å²) in [6.07, 6.45) is 1.69. The summed E-state index contributed by atoms with van der Waals surface area (Å²) in [6.45, 7) is 5.60. The van der Waals surface area contributed by atoms with Crippen LogP contribution in [-0.4, -0.2) is 71.8 Å². The molecule has 3 heterocycles. The van der Waals surface area contributed by atoms with E-state index < -0.39 is 0 Å². The second-order valence-corrected chi connectivity index (χ2v) is 9.69. The van der Waals surface area contributed by atoms with Crippen molar-refractivity contribution in [3.8, 4) is 17.0 Å². The summed E-state index contributed by atoms with van der Waals surface area (Å²) < 4.78 is 14.0. The summed E-state index contributed by atoms with van der Waals surface area (Å²) in [5.74, 6) is 0.807. The van der Waals surface area contributed by atoms with Gasteiger partial charge in [0.1, 0.15) is 11.4 Å². The van der Waals surface area contributed by atoms with Crippen LogP contribution in [0.4, 0.5) is 23.0 Å². The van der Waals surface area contributed by atoms with Gasteiger partial charge in [-0.1, -0.05) is 18.2 Å². The third-order valence-corrected chi connectivity index (χ3v) is 6.80. The highest BCUT2D eigenvalue weighted by atomic mass is 16.6. The van der Waals surface area contributed by atoms with Gasteiger partial charge in [0.05, 0.1) is 41.8 Å². The van der Waals surface area contributed by atoms with Crippen LogP contribution >= 0.6 is 0 Å². The first kappa shape index (κ1) is 26.4. The second kappa shape index (κ2) is 11.3. The highest BCUT2D eigenvalue weighted by Crippen LogP contribution is 2.40. The number of rotatable bonds is 10. The Morgan fingerprint density at radius 2 is 2.00 bits per heavy atom. The van der Waals surface area contributed by atoms with Gasteiger partial charge in [-0.3, -0.25) is 10.1 Å². The Morgan fingerprint density at radius 3 is 2.77 bits per heavy atom. The van der Waals surface area contributed by atoms with Gasteiger partial charge in [0, 0.05) is 61.5 Å². The van der Waals surface area contributed by atoms with E-state index in [1.807, 2.05) is 56.1 Å². The third kappa shape index (κ3) is 5.36. The average Bonchev–Trinajstić information content (AvgIpc) is 3.27. The molecule has 4 aromatic rings. The van der Waals surface area contributed by atoms with E-state index in [1.54, 1.807) is 12.3 Å². The van der Waals surface area contributed by atoms with Gasteiger partial charge in [-0.15, -0.1) is 0 Å². The number of nitro groups is 1. The number of aromatic nitrogens is 3. The lowest BCUT2D eigenvalue weighted by molar-refractivity contribution is -0.384. The third-order valence-electron chi connectivity index (χ3n) is 6.80. The Bertz CT molecular complexity index is 1500. The molecule has 0 saturated heterocycles. The molecule has 1 aliphatic heterocycles. The Labute approximate surface area is 227 Å². The molecule has 1 N–H and O–H groups in total. The van der Waals surface area contributed by atoms with Crippen LogP contribution in [0.5, 0.6) is 5.75 Å². The van der Waals surface area contributed by atoms with E-state index in [0.717, 1.165) is 40.9 Å². The van der Waals surface area contributed by atoms with Crippen LogP contribution < -0.4 is 15.0 Å². The van der Waals surface area contributed by atoms with Gasteiger partial charge in [0.2, 0.25) is 5.95 Å². The van der Waals surface area contributed by atoms with Gasteiger partial charge in [-0.05, 0) is 33.2 Å². The Hall–Kier alpha value is -4.22. The first-order chi connectivity index (χ1) is 18.9. The van der Waals surface area contributed by atoms with Crippen molar-refractivity contribution in [1.82, 2.24) is 19.4 Å². The molecule has 0 bridgehead atoms. The quantitative estimate of drug-likeness (QED) is 0.230. The molecule has 1 aliphatic rings. The number of anilines is 3. The van der Waals surface area contributed by atoms with Crippen LogP contribution in [0.1, 0.15) is 12.6 Å². The van der Waals surface area contributed by atoms with E-state index in [0.29, 0.717) is 49.4 Å². The molecule has 2 aromatic heterocycles. The van der Waals surface area contributed by atoms with Crippen molar-refractivity contribution < 1.29 is 14.4 Å². The zero-order chi connectivity index (χ0) is 27.5. The molecule has 0 fully saturated rings. The fraction of sp³-hybridized carbons (Fsp3) is 0.357. The molecule has 0 spiro atoms. The van der Waals surface area contributed by atoms with Crippen molar-refractivity contribution >= 4 is 33.9 Å². The Morgan fingerprint density at radius 1 is 1.18 bits per heavy atom. The molecular weight excluding hydrogens is 498 g/mol. The van der Waals surface area contributed by atoms with Crippen molar-refractivity contribution in [2.24, 2.45) is 0 Å². The predicted molar refractivity (Wildman–Crippen MR) is 152 cm³/mol. The van der Waals surface area contributed by atoms with Crippen LogP contribution in [0.2, 0.25) is 0 Å². The van der Waals surface area contributed by atoms with Crippen molar-refractivity contribution in [3.63, 3.8) is 0 Å². The standard InChI is InChI=1S/C28H33N7O4/c1-5-39-26-17-23(33(4)13-12-32(2)3)24(35(36)37)16-21(26)31-28-29-11-10-20(30-28)27-19-8-6-7-9-22(19)34-14-15-38-18-25(27)34/h6-11,16-17H,5,12-15,18H2,1-4H3,(H,29,30,31). The lowest BCUT2D eigenvalue weighted by Crippen LogP contribution is -2.29. The van der Waals surface area contributed by atoms with Crippen molar-refractivity contribution in [1.29, 1.82) is 0 Å².